The number of anilines is 1. The Morgan fingerprint density at radius 3 is 2.79 bits per heavy atom. The number of hydroxylamine groups is 2. The summed E-state index contributed by atoms with van der Waals surface area (Å²) in [5, 5.41) is 2.05. The van der Waals surface area contributed by atoms with Gasteiger partial charge < -0.3 is 4.90 Å². The van der Waals surface area contributed by atoms with E-state index in [1.807, 2.05) is 12.4 Å². The van der Waals surface area contributed by atoms with Crippen molar-refractivity contribution in [2.45, 2.75) is 58.4 Å². The lowest BCUT2D eigenvalue weighted by atomic mass is 9.92. The number of piperazine rings is 1. The lowest BCUT2D eigenvalue weighted by Gasteiger charge is -2.36. The van der Waals surface area contributed by atoms with Crippen LogP contribution < -0.4 is 4.90 Å². The third-order valence-electron chi connectivity index (χ3n) is 6.30. The Morgan fingerprint density at radius 1 is 1.07 bits per heavy atom. The minimum atomic E-state index is 0.375. The largest absolute Gasteiger partial charge is 0.354 e. The molecule has 3 aliphatic rings. The lowest BCUT2D eigenvalue weighted by Crippen LogP contribution is -2.47. The van der Waals surface area contributed by atoms with Gasteiger partial charge in [-0.05, 0) is 64.1 Å². The first-order valence-electron chi connectivity index (χ1n) is 11.3. The Balaban J connectivity index is 1.13. The molecule has 0 amide bonds. The van der Waals surface area contributed by atoms with Crippen molar-refractivity contribution >= 4 is 11.5 Å². The van der Waals surface area contributed by atoms with E-state index in [2.05, 4.69) is 45.8 Å². The molecule has 29 heavy (non-hydrogen) atoms. The fourth-order valence-corrected chi connectivity index (χ4v) is 4.56. The molecule has 1 atom stereocenters. The van der Waals surface area contributed by atoms with Crippen LogP contribution in [0.3, 0.4) is 0 Å². The van der Waals surface area contributed by atoms with Gasteiger partial charge in [-0.25, -0.2) is 4.98 Å². The molecule has 0 aromatic carbocycles. The van der Waals surface area contributed by atoms with Crippen LogP contribution in [0.1, 0.15) is 49.8 Å². The number of fused-ring (bicyclic) bond motifs is 1. The van der Waals surface area contributed by atoms with Crippen molar-refractivity contribution in [1.29, 1.82) is 0 Å². The van der Waals surface area contributed by atoms with Gasteiger partial charge in [0.15, 0.2) is 0 Å². The number of hydrogen-bond donors (Lipinski definition) is 0. The first-order chi connectivity index (χ1) is 14.2. The van der Waals surface area contributed by atoms with Crippen molar-refractivity contribution in [1.82, 2.24) is 14.9 Å². The van der Waals surface area contributed by atoms with Crippen LogP contribution in [-0.2, 0) is 4.84 Å². The molecule has 0 radical (unpaired) electrons. The van der Waals surface area contributed by atoms with Gasteiger partial charge in [0, 0.05) is 50.0 Å². The van der Waals surface area contributed by atoms with E-state index >= 15 is 0 Å². The predicted molar refractivity (Wildman–Crippen MR) is 118 cm³/mol. The average molecular weight is 398 g/mol. The lowest BCUT2D eigenvalue weighted by molar-refractivity contribution is -0.139. The Hall–Kier alpha value is -1.92. The predicted octanol–water partition coefficient (Wildman–Crippen LogP) is 3.70. The number of pyridine rings is 1. The van der Waals surface area contributed by atoms with Gasteiger partial charge in [-0.2, -0.15) is 0 Å². The maximum absolute atomic E-state index is 6.07. The fourth-order valence-electron chi connectivity index (χ4n) is 4.56. The molecule has 1 aromatic rings. The standard InChI is InChI=1S/C23H35N5O/c1-19-9-10-20(2)25-23(19)27-16-14-26(15-17-27)12-5-6-18-29-28-13-11-24-21-7-3-4-8-22(21)28/h9-11,13,22H,3-8,12,14-18H2,1-2H3. The summed E-state index contributed by atoms with van der Waals surface area (Å²) in [6.07, 6.45) is 11.0. The zero-order valence-electron chi connectivity index (χ0n) is 18.0. The summed E-state index contributed by atoms with van der Waals surface area (Å²) < 4.78 is 0. The minimum absolute atomic E-state index is 0.375. The van der Waals surface area contributed by atoms with Crippen LogP contribution >= 0.6 is 0 Å². The highest BCUT2D eigenvalue weighted by Gasteiger charge is 2.27. The number of unbranched alkanes of at least 4 members (excludes halogenated alkanes) is 1. The van der Waals surface area contributed by atoms with Gasteiger partial charge in [0.25, 0.3) is 0 Å². The molecule has 6 heteroatoms. The number of hydrogen-bond acceptors (Lipinski definition) is 6. The van der Waals surface area contributed by atoms with Crippen LogP contribution in [0, 0.1) is 13.8 Å². The van der Waals surface area contributed by atoms with E-state index in [1.165, 1.54) is 42.8 Å². The molecule has 0 spiro atoms. The van der Waals surface area contributed by atoms with Crippen LogP contribution in [-0.4, -0.2) is 66.0 Å². The number of aryl methyl sites for hydroxylation is 2. The quantitative estimate of drug-likeness (QED) is 0.657. The van der Waals surface area contributed by atoms with Crippen LogP contribution in [0.4, 0.5) is 5.82 Å². The molecule has 0 N–H and O–H groups in total. The summed E-state index contributed by atoms with van der Waals surface area (Å²) in [7, 11) is 0. The smallest absolute Gasteiger partial charge is 0.131 e. The zero-order valence-corrected chi connectivity index (χ0v) is 18.0. The van der Waals surface area contributed by atoms with E-state index in [0.717, 1.165) is 57.9 Å². The van der Waals surface area contributed by atoms with Gasteiger partial charge in [-0.1, -0.05) is 12.5 Å². The van der Waals surface area contributed by atoms with E-state index in [-0.39, 0.29) is 0 Å². The van der Waals surface area contributed by atoms with Gasteiger partial charge in [0.05, 0.1) is 12.6 Å². The Labute approximate surface area is 175 Å². The highest BCUT2D eigenvalue weighted by Crippen LogP contribution is 2.24. The summed E-state index contributed by atoms with van der Waals surface area (Å²) in [5.74, 6) is 1.17. The van der Waals surface area contributed by atoms with Crippen LogP contribution in [0.15, 0.2) is 29.5 Å². The minimum Gasteiger partial charge on any atom is -0.354 e. The van der Waals surface area contributed by atoms with Crippen molar-refractivity contribution in [3.63, 3.8) is 0 Å². The van der Waals surface area contributed by atoms with Crippen molar-refractivity contribution < 1.29 is 4.84 Å². The number of aliphatic imine (C=N–C) groups is 1. The number of nitrogens with zero attached hydrogens (tertiary/aromatic N) is 5. The second kappa shape index (κ2) is 9.72. The van der Waals surface area contributed by atoms with Crippen LogP contribution in [0.5, 0.6) is 0 Å². The van der Waals surface area contributed by atoms with Crippen molar-refractivity contribution in [2.24, 2.45) is 4.99 Å². The molecule has 1 saturated heterocycles. The third-order valence-corrected chi connectivity index (χ3v) is 6.30. The van der Waals surface area contributed by atoms with Crippen molar-refractivity contribution in [2.75, 3.05) is 44.2 Å². The van der Waals surface area contributed by atoms with E-state index in [1.54, 1.807) is 0 Å². The maximum atomic E-state index is 6.07. The summed E-state index contributed by atoms with van der Waals surface area (Å²) in [6, 6.07) is 4.66. The fraction of sp³-hybridized carbons (Fsp3) is 0.652. The first kappa shape index (κ1) is 20.4. The molecule has 1 saturated carbocycles. The first-order valence-corrected chi connectivity index (χ1v) is 11.3. The van der Waals surface area contributed by atoms with E-state index in [9.17, 15) is 0 Å². The molecule has 4 rings (SSSR count). The molecule has 158 valence electrons. The Kier molecular flexibility index (Phi) is 6.82. The summed E-state index contributed by atoms with van der Waals surface area (Å²) in [5.41, 5.74) is 3.68. The topological polar surface area (TPSA) is 44.2 Å². The van der Waals surface area contributed by atoms with Crippen LogP contribution in [0.25, 0.3) is 0 Å². The van der Waals surface area contributed by atoms with Gasteiger partial charge >= 0.3 is 0 Å². The Morgan fingerprint density at radius 2 is 1.93 bits per heavy atom. The van der Waals surface area contributed by atoms with E-state index < -0.39 is 0 Å². The monoisotopic (exact) mass is 397 g/mol. The van der Waals surface area contributed by atoms with Gasteiger partial charge in [-0.15, -0.1) is 0 Å². The summed E-state index contributed by atoms with van der Waals surface area (Å²) in [6.45, 7) is 10.5. The highest BCUT2D eigenvalue weighted by atomic mass is 16.7. The van der Waals surface area contributed by atoms with Gasteiger partial charge in [-0.3, -0.25) is 19.8 Å². The molecule has 1 aromatic heterocycles. The normalized spacial score (nSPS) is 22.6. The molecule has 1 aliphatic carbocycles. The molecule has 2 aliphatic heterocycles. The van der Waals surface area contributed by atoms with E-state index in [0.29, 0.717) is 6.04 Å². The molecule has 3 heterocycles. The molecule has 1 unspecified atom stereocenters. The second-order valence-electron chi connectivity index (χ2n) is 8.50. The highest BCUT2D eigenvalue weighted by molar-refractivity contribution is 5.91. The third kappa shape index (κ3) is 5.17. The molecular weight excluding hydrogens is 362 g/mol. The van der Waals surface area contributed by atoms with Crippen LogP contribution in [0.2, 0.25) is 0 Å². The summed E-state index contributed by atoms with van der Waals surface area (Å²) in [4.78, 5) is 20.4. The molecule has 2 fully saturated rings. The van der Waals surface area contributed by atoms with Gasteiger partial charge in [0.1, 0.15) is 5.82 Å². The second-order valence-corrected chi connectivity index (χ2v) is 8.50. The molecule has 0 bridgehead atoms. The number of rotatable bonds is 7. The average Bonchev–Trinajstić information content (AvgIpc) is 2.76. The maximum Gasteiger partial charge on any atom is 0.131 e. The summed E-state index contributed by atoms with van der Waals surface area (Å²) >= 11 is 0. The van der Waals surface area contributed by atoms with Gasteiger partial charge in [0.2, 0.25) is 0 Å². The van der Waals surface area contributed by atoms with Crippen molar-refractivity contribution in [3.8, 4) is 0 Å². The van der Waals surface area contributed by atoms with E-state index in [4.69, 9.17) is 9.82 Å². The molecule has 6 nitrogen and oxygen atoms in total. The molecular formula is C23H35N5O. The Bertz CT molecular complexity index is 739. The SMILES string of the molecule is Cc1ccc(C)c(N2CCN(CCCCON3C=CN=C4CCCCC43)CC2)n1. The zero-order chi connectivity index (χ0) is 20.1. The number of aromatic nitrogens is 1. The van der Waals surface area contributed by atoms with Crippen molar-refractivity contribution in [3.05, 3.63) is 35.8 Å².